The van der Waals surface area contributed by atoms with Crippen LogP contribution >= 0.6 is 36.3 Å². The van der Waals surface area contributed by atoms with E-state index in [9.17, 15) is 4.79 Å². The summed E-state index contributed by atoms with van der Waals surface area (Å²) in [5.74, 6) is 2.36. The van der Waals surface area contributed by atoms with E-state index in [4.69, 9.17) is 0 Å². The summed E-state index contributed by atoms with van der Waals surface area (Å²) < 4.78 is 4.39. The highest BCUT2D eigenvalue weighted by Gasteiger charge is 2.26. The average molecular weight is 438 g/mol. The number of carbonyl (C=O) groups is 1. The fraction of sp³-hybridized carbons (Fsp3) is 0.833. The molecule has 0 radical (unpaired) electrons. The van der Waals surface area contributed by atoms with E-state index in [1.807, 2.05) is 0 Å². The molecule has 0 bridgehead atoms. The molecular formula is C18H33Cl2N5OS. The molecule has 0 aliphatic carbocycles. The molecule has 1 aromatic heterocycles. The molecule has 1 amide bonds. The quantitative estimate of drug-likeness (QED) is 0.766. The Morgan fingerprint density at radius 2 is 2.07 bits per heavy atom. The van der Waals surface area contributed by atoms with Crippen LogP contribution in [0.3, 0.4) is 0 Å². The van der Waals surface area contributed by atoms with Gasteiger partial charge in [-0.1, -0.05) is 13.8 Å². The van der Waals surface area contributed by atoms with Crippen molar-refractivity contribution in [2.45, 2.75) is 46.0 Å². The molecule has 0 spiro atoms. The molecule has 3 rings (SSSR count). The molecule has 2 unspecified atom stereocenters. The number of nitrogens with zero attached hydrogens (tertiary/aromatic N) is 4. The van der Waals surface area contributed by atoms with Crippen LogP contribution in [0.2, 0.25) is 0 Å². The van der Waals surface area contributed by atoms with Gasteiger partial charge in [-0.05, 0) is 44.2 Å². The molecule has 2 aliphatic heterocycles. The highest BCUT2D eigenvalue weighted by Crippen LogP contribution is 2.24. The van der Waals surface area contributed by atoms with Gasteiger partial charge in [-0.3, -0.25) is 4.79 Å². The lowest BCUT2D eigenvalue weighted by Gasteiger charge is -2.30. The molecule has 3 heterocycles. The lowest BCUT2D eigenvalue weighted by atomic mass is 9.85. The third-order valence-corrected chi connectivity index (χ3v) is 6.34. The number of piperidine rings is 1. The second-order valence-electron chi connectivity index (χ2n) is 7.36. The van der Waals surface area contributed by atoms with E-state index in [1.165, 1.54) is 24.4 Å². The van der Waals surface area contributed by atoms with Gasteiger partial charge in [0, 0.05) is 50.6 Å². The van der Waals surface area contributed by atoms with Crippen LogP contribution in [0.25, 0.3) is 0 Å². The predicted octanol–water partition coefficient (Wildman–Crippen LogP) is 3.01. The van der Waals surface area contributed by atoms with Crippen molar-refractivity contribution in [3.8, 4) is 0 Å². The summed E-state index contributed by atoms with van der Waals surface area (Å²) in [5, 5.41) is 4.47. The normalized spacial score (nSPS) is 21.6. The van der Waals surface area contributed by atoms with E-state index in [2.05, 4.69) is 38.3 Å². The molecule has 2 fully saturated rings. The minimum Gasteiger partial charge on any atom is -0.345 e. The fourth-order valence-corrected chi connectivity index (χ4v) is 4.61. The second-order valence-corrected chi connectivity index (χ2v) is 8.09. The first-order valence-corrected chi connectivity index (χ1v) is 10.5. The maximum Gasteiger partial charge on any atom is 0.222 e. The van der Waals surface area contributed by atoms with E-state index in [0.717, 1.165) is 63.1 Å². The van der Waals surface area contributed by atoms with Crippen molar-refractivity contribution < 1.29 is 4.79 Å². The smallest absolute Gasteiger partial charge is 0.222 e. The summed E-state index contributed by atoms with van der Waals surface area (Å²) in [5.41, 5.74) is 0. The van der Waals surface area contributed by atoms with Gasteiger partial charge in [0.25, 0.3) is 0 Å². The standard InChI is InChI=1S/C18H31N5OS.2ClH/c1-3-16-20-18(25-21-16)23-9-5-8-22(10-11-23)17(24)12-14(2)15-6-4-7-19-13-15;;/h14-15,19H,3-13H2,1-2H3;2*1H. The van der Waals surface area contributed by atoms with E-state index >= 15 is 0 Å². The number of halogens is 2. The average Bonchev–Trinajstić information content (AvgIpc) is 2.99. The first-order chi connectivity index (χ1) is 12.2. The Labute approximate surface area is 179 Å². The fourth-order valence-electron chi connectivity index (χ4n) is 3.81. The van der Waals surface area contributed by atoms with Crippen LogP contribution in [0.15, 0.2) is 0 Å². The van der Waals surface area contributed by atoms with E-state index < -0.39 is 0 Å². The molecular weight excluding hydrogens is 405 g/mol. The number of amides is 1. The largest absolute Gasteiger partial charge is 0.345 e. The van der Waals surface area contributed by atoms with Crippen LogP contribution in [-0.4, -0.2) is 59.4 Å². The molecule has 1 N–H and O–H groups in total. The Morgan fingerprint density at radius 3 is 2.74 bits per heavy atom. The first kappa shape index (κ1) is 24.4. The summed E-state index contributed by atoms with van der Waals surface area (Å²) in [6.45, 7) is 10.0. The Hall–Kier alpha value is -0.630. The molecule has 2 atom stereocenters. The van der Waals surface area contributed by atoms with Crippen molar-refractivity contribution in [2.24, 2.45) is 11.8 Å². The number of aromatic nitrogens is 2. The zero-order valence-corrected chi connectivity index (χ0v) is 18.8. The van der Waals surface area contributed by atoms with Crippen LogP contribution < -0.4 is 10.2 Å². The van der Waals surface area contributed by atoms with Crippen molar-refractivity contribution >= 4 is 47.4 Å². The molecule has 0 aromatic carbocycles. The Kier molecular flexibility index (Phi) is 10.9. The first-order valence-electron chi connectivity index (χ1n) is 9.73. The zero-order chi connectivity index (χ0) is 17.6. The van der Waals surface area contributed by atoms with Gasteiger partial charge in [0.05, 0.1) is 0 Å². The maximum absolute atomic E-state index is 12.8. The molecule has 1 aromatic rings. The monoisotopic (exact) mass is 437 g/mol. The summed E-state index contributed by atoms with van der Waals surface area (Å²) in [6, 6.07) is 0. The van der Waals surface area contributed by atoms with Gasteiger partial charge < -0.3 is 15.1 Å². The van der Waals surface area contributed by atoms with Crippen molar-refractivity contribution in [1.29, 1.82) is 0 Å². The molecule has 156 valence electrons. The number of nitrogens with one attached hydrogen (secondary N) is 1. The molecule has 6 nitrogen and oxygen atoms in total. The van der Waals surface area contributed by atoms with E-state index in [0.29, 0.717) is 24.2 Å². The SMILES string of the molecule is CCc1nsc(N2CCCN(C(=O)CC(C)C3CCCNC3)CC2)n1.Cl.Cl. The van der Waals surface area contributed by atoms with Gasteiger partial charge in [0.1, 0.15) is 5.82 Å². The Balaban J connectivity index is 0.00000182. The Morgan fingerprint density at radius 1 is 1.26 bits per heavy atom. The van der Waals surface area contributed by atoms with Crippen molar-refractivity contribution in [3.63, 3.8) is 0 Å². The lowest BCUT2D eigenvalue weighted by molar-refractivity contribution is -0.132. The minimum atomic E-state index is 0. The number of hydrogen-bond donors (Lipinski definition) is 1. The van der Waals surface area contributed by atoms with E-state index in [-0.39, 0.29) is 24.8 Å². The summed E-state index contributed by atoms with van der Waals surface area (Å²) in [6.07, 6.45) is 5.07. The third kappa shape index (κ3) is 6.73. The highest BCUT2D eigenvalue weighted by atomic mass is 35.5. The number of aryl methyl sites for hydroxylation is 1. The molecule has 9 heteroatoms. The van der Waals surface area contributed by atoms with Crippen LogP contribution in [0.1, 0.15) is 45.4 Å². The van der Waals surface area contributed by atoms with Crippen LogP contribution in [-0.2, 0) is 11.2 Å². The molecule has 2 saturated heterocycles. The van der Waals surface area contributed by atoms with Gasteiger partial charge in [-0.25, -0.2) is 4.98 Å². The highest BCUT2D eigenvalue weighted by molar-refractivity contribution is 7.09. The third-order valence-electron chi connectivity index (χ3n) is 5.53. The predicted molar refractivity (Wildman–Crippen MR) is 117 cm³/mol. The number of rotatable bonds is 5. The second kappa shape index (κ2) is 12.0. The summed E-state index contributed by atoms with van der Waals surface area (Å²) in [4.78, 5) is 21.7. The zero-order valence-electron chi connectivity index (χ0n) is 16.4. The maximum atomic E-state index is 12.8. The van der Waals surface area contributed by atoms with E-state index in [1.54, 1.807) is 0 Å². The summed E-state index contributed by atoms with van der Waals surface area (Å²) in [7, 11) is 0. The van der Waals surface area contributed by atoms with Crippen LogP contribution in [0, 0.1) is 11.8 Å². The minimum absolute atomic E-state index is 0. The number of anilines is 1. The van der Waals surface area contributed by atoms with Crippen molar-refractivity contribution in [1.82, 2.24) is 19.6 Å². The van der Waals surface area contributed by atoms with Crippen LogP contribution in [0.5, 0.6) is 0 Å². The van der Waals surface area contributed by atoms with Gasteiger partial charge >= 0.3 is 0 Å². The molecule has 2 aliphatic rings. The van der Waals surface area contributed by atoms with Crippen LogP contribution in [0.4, 0.5) is 5.13 Å². The van der Waals surface area contributed by atoms with Gasteiger partial charge in [0.2, 0.25) is 11.0 Å². The summed E-state index contributed by atoms with van der Waals surface area (Å²) >= 11 is 1.48. The van der Waals surface area contributed by atoms with Gasteiger partial charge in [-0.2, -0.15) is 4.37 Å². The van der Waals surface area contributed by atoms with Crippen molar-refractivity contribution in [3.05, 3.63) is 5.82 Å². The van der Waals surface area contributed by atoms with Gasteiger partial charge in [0.15, 0.2) is 0 Å². The number of hydrogen-bond acceptors (Lipinski definition) is 6. The molecule has 27 heavy (non-hydrogen) atoms. The van der Waals surface area contributed by atoms with Gasteiger partial charge in [-0.15, -0.1) is 24.8 Å². The van der Waals surface area contributed by atoms with Crippen molar-refractivity contribution in [2.75, 3.05) is 44.2 Å². The number of carbonyl (C=O) groups excluding carboxylic acids is 1. The Bertz CT molecular complexity index is 568. The topological polar surface area (TPSA) is 61.4 Å². The lowest BCUT2D eigenvalue weighted by Crippen LogP contribution is -2.38. The molecule has 0 saturated carbocycles.